The molecule has 1 aliphatic rings. The highest BCUT2D eigenvalue weighted by molar-refractivity contribution is 5.40. The van der Waals surface area contributed by atoms with Crippen LogP contribution < -0.4 is 10.2 Å². The van der Waals surface area contributed by atoms with Gasteiger partial charge in [-0.2, -0.15) is 0 Å². The summed E-state index contributed by atoms with van der Waals surface area (Å²) >= 11 is 0. The van der Waals surface area contributed by atoms with Crippen molar-refractivity contribution in [3.8, 4) is 0 Å². The van der Waals surface area contributed by atoms with E-state index in [-0.39, 0.29) is 0 Å². The van der Waals surface area contributed by atoms with Gasteiger partial charge >= 0.3 is 0 Å². The lowest BCUT2D eigenvalue weighted by Crippen LogP contribution is -2.20. The number of nitrogens with one attached hydrogen (secondary N) is 1. The van der Waals surface area contributed by atoms with Gasteiger partial charge in [-0.1, -0.05) is 19.9 Å². The summed E-state index contributed by atoms with van der Waals surface area (Å²) in [4.78, 5) is 6.91. The van der Waals surface area contributed by atoms with Crippen LogP contribution in [-0.4, -0.2) is 24.6 Å². The predicted octanol–water partition coefficient (Wildman–Crippen LogP) is 2.04. The summed E-state index contributed by atoms with van der Waals surface area (Å²) < 4.78 is 0. The minimum Gasteiger partial charge on any atom is -0.356 e. The lowest BCUT2D eigenvalue weighted by molar-refractivity contribution is 0.659. The van der Waals surface area contributed by atoms with Crippen molar-refractivity contribution in [1.29, 1.82) is 0 Å². The van der Waals surface area contributed by atoms with Gasteiger partial charge in [0.25, 0.3) is 0 Å². The molecule has 0 aromatic carbocycles. The van der Waals surface area contributed by atoms with E-state index in [9.17, 15) is 0 Å². The van der Waals surface area contributed by atoms with Crippen LogP contribution in [0, 0.1) is 5.92 Å². The molecule has 3 nitrogen and oxygen atoms in total. The fraction of sp³-hybridized carbons (Fsp3) is 0.615. The molecule has 1 fully saturated rings. The number of nitrogens with zero attached hydrogens (tertiary/aromatic N) is 2. The normalized spacial score (nSPS) is 20.4. The van der Waals surface area contributed by atoms with Gasteiger partial charge in [0.1, 0.15) is 5.82 Å². The van der Waals surface area contributed by atoms with Crippen LogP contribution in [0.1, 0.15) is 25.8 Å². The molecular weight excluding hydrogens is 198 g/mol. The molecule has 0 spiro atoms. The molecule has 1 unspecified atom stereocenters. The summed E-state index contributed by atoms with van der Waals surface area (Å²) in [6.07, 6.45) is 3.28. The first-order valence-corrected chi connectivity index (χ1v) is 6.20. The number of pyridine rings is 1. The Morgan fingerprint density at radius 1 is 1.50 bits per heavy atom. The molecule has 0 bridgehead atoms. The Morgan fingerprint density at radius 3 is 2.94 bits per heavy atom. The largest absolute Gasteiger partial charge is 0.356 e. The average Bonchev–Trinajstić information content (AvgIpc) is 2.74. The van der Waals surface area contributed by atoms with Crippen LogP contribution in [0.25, 0.3) is 0 Å². The van der Waals surface area contributed by atoms with E-state index in [2.05, 4.69) is 41.2 Å². The second-order valence-corrected chi connectivity index (χ2v) is 4.64. The van der Waals surface area contributed by atoms with E-state index in [4.69, 9.17) is 0 Å². The summed E-state index contributed by atoms with van der Waals surface area (Å²) in [6.45, 7) is 8.65. The van der Waals surface area contributed by atoms with E-state index < -0.39 is 0 Å². The maximum absolute atomic E-state index is 4.53. The van der Waals surface area contributed by atoms with Crippen LogP contribution in [0.4, 0.5) is 5.82 Å². The molecule has 1 atom stereocenters. The van der Waals surface area contributed by atoms with Gasteiger partial charge in [0.15, 0.2) is 0 Å². The summed E-state index contributed by atoms with van der Waals surface area (Å²) in [5.74, 6) is 1.94. The standard InChI is InChI=1S/C13H21N3/c1-3-14-8-12-4-5-13(15-9-12)16-7-6-11(2)10-16/h4-5,9,11,14H,3,6-8,10H2,1-2H3. The first-order chi connectivity index (χ1) is 7.79. The number of rotatable bonds is 4. The minimum absolute atomic E-state index is 0.809. The van der Waals surface area contributed by atoms with Gasteiger partial charge in [-0.25, -0.2) is 4.98 Å². The third kappa shape index (κ3) is 2.73. The van der Waals surface area contributed by atoms with Crippen LogP contribution >= 0.6 is 0 Å². The Morgan fingerprint density at radius 2 is 2.38 bits per heavy atom. The first kappa shape index (κ1) is 11.4. The van der Waals surface area contributed by atoms with Gasteiger partial charge in [-0.15, -0.1) is 0 Å². The third-order valence-corrected chi connectivity index (χ3v) is 3.14. The van der Waals surface area contributed by atoms with E-state index >= 15 is 0 Å². The monoisotopic (exact) mass is 219 g/mol. The van der Waals surface area contributed by atoms with Gasteiger partial charge in [0.2, 0.25) is 0 Å². The van der Waals surface area contributed by atoms with Gasteiger partial charge < -0.3 is 10.2 Å². The molecule has 1 saturated heterocycles. The minimum atomic E-state index is 0.809. The quantitative estimate of drug-likeness (QED) is 0.840. The summed E-state index contributed by atoms with van der Waals surface area (Å²) in [5, 5.41) is 3.31. The van der Waals surface area contributed by atoms with Crippen LogP contribution in [0.15, 0.2) is 18.3 Å². The molecule has 0 aliphatic carbocycles. The van der Waals surface area contributed by atoms with Crippen LogP contribution in [0.3, 0.4) is 0 Å². The fourth-order valence-corrected chi connectivity index (χ4v) is 2.12. The zero-order valence-corrected chi connectivity index (χ0v) is 10.2. The zero-order chi connectivity index (χ0) is 11.4. The maximum atomic E-state index is 4.53. The molecule has 1 aromatic rings. The highest BCUT2D eigenvalue weighted by Gasteiger charge is 2.19. The highest BCUT2D eigenvalue weighted by atomic mass is 15.2. The van der Waals surface area contributed by atoms with E-state index in [0.717, 1.165) is 37.9 Å². The lowest BCUT2D eigenvalue weighted by Gasteiger charge is -2.17. The molecule has 2 rings (SSSR count). The molecule has 2 heterocycles. The number of anilines is 1. The molecular formula is C13H21N3. The summed E-state index contributed by atoms with van der Waals surface area (Å²) in [7, 11) is 0. The van der Waals surface area contributed by atoms with Gasteiger partial charge in [-0.05, 0) is 30.5 Å². The first-order valence-electron chi connectivity index (χ1n) is 6.20. The molecule has 0 saturated carbocycles. The number of hydrogen-bond acceptors (Lipinski definition) is 3. The molecule has 1 aliphatic heterocycles. The van der Waals surface area contributed by atoms with Crippen LogP contribution in [0.5, 0.6) is 0 Å². The van der Waals surface area contributed by atoms with E-state index in [1.807, 2.05) is 6.20 Å². The fourth-order valence-electron chi connectivity index (χ4n) is 2.12. The van der Waals surface area contributed by atoms with Gasteiger partial charge in [0.05, 0.1) is 0 Å². The Hall–Kier alpha value is -1.09. The number of aromatic nitrogens is 1. The van der Waals surface area contributed by atoms with Crippen LogP contribution in [-0.2, 0) is 6.54 Å². The molecule has 0 amide bonds. The van der Waals surface area contributed by atoms with Crippen molar-refractivity contribution in [3.05, 3.63) is 23.9 Å². The van der Waals surface area contributed by atoms with E-state index in [0.29, 0.717) is 0 Å². The zero-order valence-electron chi connectivity index (χ0n) is 10.2. The van der Waals surface area contributed by atoms with Crippen molar-refractivity contribution in [2.75, 3.05) is 24.5 Å². The Balaban J connectivity index is 1.96. The average molecular weight is 219 g/mol. The topological polar surface area (TPSA) is 28.2 Å². The summed E-state index contributed by atoms with van der Waals surface area (Å²) in [6, 6.07) is 4.32. The number of hydrogen-bond donors (Lipinski definition) is 1. The Kier molecular flexibility index (Phi) is 3.78. The second-order valence-electron chi connectivity index (χ2n) is 4.64. The second kappa shape index (κ2) is 5.30. The SMILES string of the molecule is CCNCc1ccc(N2CCC(C)C2)nc1. The molecule has 3 heteroatoms. The van der Waals surface area contributed by atoms with E-state index in [1.54, 1.807) is 0 Å². The predicted molar refractivity (Wildman–Crippen MR) is 67.6 cm³/mol. The molecule has 16 heavy (non-hydrogen) atoms. The summed E-state index contributed by atoms with van der Waals surface area (Å²) in [5.41, 5.74) is 1.26. The van der Waals surface area contributed by atoms with Crippen molar-refractivity contribution in [2.24, 2.45) is 5.92 Å². The molecule has 1 aromatic heterocycles. The molecule has 1 N–H and O–H groups in total. The van der Waals surface area contributed by atoms with Crippen molar-refractivity contribution in [1.82, 2.24) is 10.3 Å². The molecule has 0 radical (unpaired) electrons. The Bertz CT molecular complexity index is 320. The maximum Gasteiger partial charge on any atom is 0.128 e. The van der Waals surface area contributed by atoms with Crippen molar-refractivity contribution >= 4 is 5.82 Å². The van der Waals surface area contributed by atoms with Crippen molar-refractivity contribution in [2.45, 2.75) is 26.8 Å². The third-order valence-electron chi connectivity index (χ3n) is 3.14. The Labute approximate surface area is 97.9 Å². The van der Waals surface area contributed by atoms with Crippen molar-refractivity contribution < 1.29 is 0 Å². The van der Waals surface area contributed by atoms with Gasteiger partial charge in [-0.3, -0.25) is 0 Å². The van der Waals surface area contributed by atoms with Gasteiger partial charge in [0, 0.05) is 25.8 Å². The smallest absolute Gasteiger partial charge is 0.128 e. The molecule has 88 valence electrons. The van der Waals surface area contributed by atoms with Crippen molar-refractivity contribution in [3.63, 3.8) is 0 Å². The van der Waals surface area contributed by atoms with Crippen LogP contribution in [0.2, 0.25) is 0 Å². The van der Waals surface area contributed by atoms with E-state index in [1.165, 1.54) is 12.0 Å². The highest BCUT2D eigenvalue weighted by Crippen LogP contribution is 2.21. The lowest BCUT2D eigenvalue weighted by atomic mass is 10.2.